The highest BCUT2D eigenvalue weighted by Crippen LogP contribution is 2.18. The number of nitrogens with zero attached hydrogens (tertiary/aromatic N) is 1. The first-order valence-corrected chi connectivity index (χ1v) is 8.91. The summed E-state index contributed by atoms with van der Waals surface area (Å²) in [7, 11) is -4.37. The molecule has 21 heavy (non-hydrogen) atoms. The molecule has 0 aromatic rings. The van der Waals surface area contributed by atoms with Crippen LogP contribution in [0.4, 0.5) is 0 Å². The van der Waals surface area contributed by atoms with Gasteiger partial charge in [0.05, 0.1) is 26.2 Å². The summed E-state index contributed by atoms with van der Waals surface area (Å²) in [6, 6.07) is 0. The zero-order valence-corrected chi connectivity index (χ0v) is 14.1. The number of rotatable bonds is 7. The molecule has 0 bridgehead atoms. The minimum absolute atomic E-state index is 0.0289. The van der Waals surface area contributed by atoms with Crippen LogP contribution in [0.15, 0.2) is 0 Å². The van der Waals surface area contributed by atoms with Gasteiger partial charge in [0.25, 0.3) is 0 Å². The maximum Gasteiger partial charge on any atom is 0.397 e. The van der Waals surface area contributed by atoms with Gasteiger partial charge in [0.1, 0.15) is 13.2 Å². The quantitative estimate of drug-likeness (QED) is 0.537. The van der Waals surface area contributed by atoms with Crippen molar-refractivity contribution in [2.75, 3.05) is 39.3 Å². The van der Waals surface area contributed by atoms with Gasteiger partial charge in [0.15, 0.2) is 0 Å². The standard InChI is InChI=1S/C11H22N2O5S.C2H6/c1-11(14)12-5-8-13(6-3-2-4-7-13)9-10-18-19(15,16)17;1-2/h2-10H2,1H3,(H-,12,14,15,16,17);1-2H3/p+1. The van der Waals surface area contributed by atoms with Crippen LogP contribution in [-0.4, -0.2) is 62.7 Å². The van der Waals surface area contributed by atoms with E-state index in [0.29, 0.717) is 13.1 Å². The first-order chi connectivity index (χ1) is 9.83. The van der Waals surface area contributed by atoms with Crippen molar-refractivity contribution in [3.8, 4) is 0 Å². The maximum atomic E-state index is 10.9. The fraction of sp³-hybridized carbons (Fsp3) is 0.923. The molecule has 0 spiro atoms. The smallest absolute Gasteiger partial charge is 0.351 e. The van der Waals surface area contributed by atoms with Crippen molar-refractivity contribution in [2.45, 2.75) is 40.0 Å². The second-order valence-corrected chi connectivity index (χ2v) is 6.12. The molecule has 1 aliphatic heterocycles. The largest absolute Gasteiger partial charge is 0.397 e. The van der Waals surface area contributed by atoms with E-state index in [-0.39, 0.29) is 12.5 Å². The number of quaternary nitrogens is 1. The summed E-state index contributed by atoms with van der Waals surface area (Å²) in [5.41, 5.74) is 0. The Balaban J connectivity index is 0.00000191. The molecule has 1 saturated heterocycles. The highest BCUT2D eigenvalue weighted by Gasteiger charge is 2.29. The SMILES string of the molecule is CC.CC(=O)NCC[N+]1(CCOS(=O)(=O)O)CCCCC1. The van der Waals surface area contributed by atoms with Crippen molar-refractivity contribution in [1.29, 1.82) is 0 Å². The van der Waals surface area contributed by atoms with E-state index in [9.17, 15) is 13.2 Å². The zero-order chi connectivity index (χ0) is 16.4. The molecule has 1 fully saturated rings. The summed E-state index contributed by atoms with van der Waals surface area (Å²) < 4.78 is 34.8. The zero-order valence-electron chi connectivity index (χ0n) is 13.3. The lowest BCUT2D eigenvalue weighted by Crippen LogP contribution is -2.56. The molecule has 0 aromatic heterocycles. The summed E-state index contributed by atoms with van der Waals surface area (Å²) in [5.74, 6) is -0.0654. The molecule has 0 aromatic carbocycles. The number of carbonyl (C=O) groups excluding carboxylic acids is 1. The number of piperidine rings is 1. The minimum atomic E-state index is -4.37. The van der Waals surface area contributed by atoms with Crippen LogP contribution >= 0.6 is 0 Å². The van der Waals surface area contributed by atoms with Gasteiger partial charge < -0.3 is 9.80 Å². The minimum Gasteiger partial charge on any atom is -0.351 e. The number of likely N-dealkylation sites (tertiary alicyclic amines) is 1. The summed E-state index contributed by atoms with van der Waals surface area (Å²) in [5, 5.41) is 2.76. The molecule has 0 aliphatic carbocycles. The van der Waals surface area contributed by atoms with E-state index in [1.54, 1.807) is 0 Å². The van der Waals surface area contributed by atoms with E-state index in [4.69, 9.17) is 4.55 Å². The van der Waals surface area contributed by atoms with Gasteiger partial charge in [-0.2, -0.15) is 8.42 Å². The number of nitrogens with one attached hydrogen (secondary N) is 1. The van der Waals surface area contributed by atoms with Crippen LogP contribution in [0.25, 0.3) is 0 Å². The van der Waals surface area contributed by atoms with Gasteiger partial charge in [0, 0.05) is 6.92 Å². The number of hydrogen-bond acceptors (Lipinski definition) is 4. The monoisotopic (exact) mass is 325 g/mol. The van der Waals surface area contributed by atoms with E-state index in [1.165, 1.54) is 13.3 Å². The van der Waals surface area contributed by atoms with Gasteiger partial charge >= 0.3 is 10.4 Å². The Labute approximate surface area is 128 Å². The third-order valence-electron chi connectivity index (χ3n) is 3.52. The molecule has 0 unspecified atom stereocenters. The average Bonchev–Trinajstić information content (AvgIpc) is 2.40. The molecule has 0 saturated carbocycles. The van der Waals surface area contributed by atoms with E-state index >= 15 is 0 Å². The van der Waals surface area contributed by atoms with Crippen molar-refractivity contribution < 1.29 is 26.4 Å². The third kappa shape index (κ3) is 9.78. The van der Waals surface area contributed by atoms with Crippen molar-refractivity contribution in [3.05, 3.63) is 0 Å². The topological polar surface area (TPSA) is 92.7 Å². The normalized spacial score (nSPS) is 17.5. The maximum absolute atomic E-state index is 10.9. The lowest BCUT2D eigenvalue weighted by molar-refractivity contribution is -0.931. The lowest BCUT2D eigenvalue weighted by Gasteiger charge is -2.41. The number of amides is 1. The summed E-state index contributed by atoms with van der Waals surface area (Å²) in [6.45, 7) is 9.21. The number of hydrogen-bond donors (Lipinski definition) is 2. The average molecular weight is 325 g/mol. The van der Waals surface area contributed by atoms with Crippen LogP contribution < -0.4 is 5.32 Å². The third-order valence-corrected chi connectivity index (χ3v) is 3.99. The molecule has 1 heterocycles. The van der Waals surface area contributed by atoms with Crippen molar-refractivity contribution >= 4 is 16.3 Å². The highest BCUT2D eigenvalue weighted by atomic mass is 32.3. The Morgan fingerprint density at radius 1 is 1.19 bits per heavy atom. The molecule has 7 nitrogen and oxygen atoms in total. The predicted octanol–water partition coefficient (Wildman–Crippen LogP) is 0.969. The second-order valence-electron chi connectivity index (χ2n) is 5.03. The van der Waals surface area contributed by atoms with Crippen molar-refractivity contribution in [1.82, 2.24) is 5.32 Å². The van der Waals surface area contributed by atoms with E-state index in [2.05, 4.69) is 9.50 Å². The highest BCUT2D eigenvalue weighted by molar-refractivity contribution is 7.80. The Kier molecular flexibility index (Phi) is 9.76. The van der Waals surface area contributed by atoms with E-state index in [0.717, 1.165) is 37.0 Å². The van der Waals surface area contributed by atoms with Gasteiger partial charge in [-0.3, -0.25) is 9.35 Å². The lowest BCUT2D eigenvalue weighted by atomic mass is 10.1. The second kappa shape index (κ2) is 10.1. The molecule has 0 radical (unpaired) electrons. The molecule has 0 atom stereocenters. The molecule has 1 amide bonds. The van der Waals surface area contributed by atoms with Gasteiger partial charge in [-0.1, -0.05) is 13.8 Å². The Bertz CT molecular complexity index is 391. The molecule has 8 heteroatoms. The van der Waals surface area contributed by atoms with Crippen LogP contribution in [-0.2, 0) is 19.4 Å². The fourth-order valence-corrected chi connectivity index (χ4v) is 2.83. The molecule has 1 rings (SSSR count). The summed E-state index contributed by atoms with van der Waals surface area (Å²) >= 11 is 0. The Hall–Kier alpha value is -0.700. The molecular weight excluding hydrogens is 296 g/mol. The predicted molar refractivity (Wildman–Crippen MR) is 81.1 cm³/mol. The Morgan fingerprint density at radius 2 is 1.76 bits per heavy atom. The van der Waals surface area contributed by atoms with Crippen molar-refractivity contribution in [3.63, 3.8) is 0 Å². The first kappa shape index (κ1) is 20.3. The fourth-order valence-electron chi connectivity index (χ4n) is 2.55. The summed E-state index contributed by atoms with van der Waals surface area (Å²) in [4.78, 5) is 10.9. The molecule has 1 aliphatic rings. The first-order valence-electron chi connectivity index (χ1n) is 7.54. The molecule has 2 N–H and O–H groups in total. The van der Waals surface area contributed by atoms with Crippen LogP contribution in [0.5, 0.6) is 0 Å². The van der Waals surface area contributed by atoms with Gasteiger partial charge in [-0.15, -0.1) is 0 Å². The molecular formula is C13H29N2O5S+. The Morgan fingerprint density at radius 3 is 2.24 bits per heavy atom. The van der Waals surface area contributed by atoms with Gasteiger partial charge in [0.2, 0.25) is 5.91 Å². The van der Waals surface area contributed by atoms with Gasteiger partial charge in [-0.05, 0) is 19.3 Å². The van der Waals surface area contributed by atoms with E-state index in [1.807, 2.05) is 13.8 Å². The van der Waals surface area contributed by atoms with Crippen LogP contribution in [0.3, 0.4) is 0 Å². The van der Waals surface area contributed by atoms with Crippen LogP contribution in [0.2, 0.25) is 0 Å². The molecule has 126 valence electrons. The van der Waals surface area contributed by atoms with Crippen LogP contribution in [0, 0.1) is 0 Å². The van der Waals surface area contributed by atoms with Gasteiger partial charge in [-0.25, -0.2) is 4.18 Å². The van der Waals surface area contributed by atoms with Crippen LogP contribution in [0.1, 0.15) is 40.0 Å². The van der Waals surface area contributed by atoms with Crippen molar-refractivity contribution in [2.24, 2.45) is 0 Å². The van der Waals surface area contributed by atoms with E-state index < -0.39 is 10.4 Å². The summed E-state index contributed by atoms with van der Waals surface area (Å²) in [6.07, 6.45) is 3.36. The number of carbonyl (C=O) groups is 1.